The van der Waals surface area contributed by atoms with E-state index in [9.17, 15) is 14.3 Å². The molecule has 0 saturated heterocycles. The smallest absolute Gasteiger partial charge is 0.250 e. The molecule has 1 fully saturated rings. The minimum Gasteiger partial charge on any atom is -0.393 e. The summed E-state index contributed by atoms with van der Waals surface area (Å²) < 4.78 is 14.5. The van der Waals surface area contributed by atoms with E-state index in [1.807, 2.05) is 6.92 Å². The van der Waals surface area contributed by atoms with Crippen LogP contribution in [0.4, 0.5) is 4.39 Å². The van der Waals surface area contributed by atoms with Gasteiger partial charge in [-0.2, -0.15) is 0 Å². The van der Waals surface area contributed by atoms with Crippen molar-refractivity contribution in [3.8, 4) is 0 Å². The predicted molar refractivity (Wildman–Crippen MR) is 58.7 cm³/mol. The first-order chi connectivity index (χ1) is 7.58. The monoisotopic (exact) mass is 225 g/mol. The van der Waals surface area contributed by atoms with Gasteiger partial charge in [0.05, 0.1) is 6.10 Å². The van der Waals surface area contributed by atoms with Gasteiger partial charge < -0.3 is 9.67 Å². The number of aliphatic hydroxyl groups excluding tert-OH is 1. The number of pyridine rings is 1. The van der Waals surface area contributed by atoms with Gasteiger partial charge >= 0.3 is 0 Å². The minimum atomic E-state index is -0.410. The Balaban J connectivity index is 2.34. The van der Waals surface area contributed by atoms with Crippen molar-refractivity contribution in [1.29, 1.82) is 0 Å². The van der Waals surface area contributed by atoms with Crippen molar-refractivity contribution in [3.05, 3.63) is 34.5 Å². The van der Waals surface area contributed by atoms with E-state index >= 15 is 0 Å². The number of nitrogens with zero attached hydrogens (tertiary/aromatic N) is 1. The molecular formula is C12H16FNO2. The van der Waals surface area contributed by atoms with Crippen LogP contribution < -0.4 is 5.56 Å². The first kappa shape index (κ1) is 11.3. The standard InChI is InChI=1S/C12H16FNO2/c1-8-2-4-10(15)6-11(8)14-7-9(13)3-5-12(14)16/h3,5,7-8,10-11,15H,2,4,6H2,1H3. The van der Waals surface area contributed by atoms with E-state index in [2.05, 4.69) is 0 Å². The quantitative estimate of drug-likeness (QED) is 0.790. The van der Waals surface area contributed by atoms with E-state index < -0.39 is 5.82 Å². The Bertz CT molecular complexity index is 429. The Morgan fingerprint density at radius 3 is 2.94 bits per heavy atom. The fraction of sp³-hybridized carbons (Fsp3) is 0.583. The van der Waals surface area contributed by atoms with E-state index in [-0.39, 0.29) is 17.7 Å². The number of hydrogen-bond acceptors (Lipinski definition) is 2. The Hall–Kier alpha value is -1.16. The van der Waals surface area contributed by atoms with Crippen LogP contribution in [0.25, 0.3) is 0 Å². The molecule has 3 unspecified atom stereocenters. The zero-order valence-electron chi connectivity index (χ0n) is 9.27. The maximum absolute atomic E-state index is 13.1. The number of rotatable bonds is 1. The Morgan fingerprint density at radius 1 is 1.44 bits per heavy atom. The highest BCUT2D eigenvalue weighted by molar-refractivity contribution is 4.99. The van der Waals surface area contributed by atoms with Crippen LogP contribution >= 0.6 is 0 Å². The van der Waals surface area contributed by atoms with Gasteiger partial charge in [-0.1, -0.05) is 6.92 Å². The first-order valence-electron chi connectivity index (χ1n) is 5.63. The summed E-state index contributed by atoms with van der Waals surface area (Å²) in [6.07, 6.45) is 3.03. The minimum absolute atomic E-state index is 0.0908. The molecule has 16 heavy (non-hydrogen) atoms. The highest BCUT2D eigenvalue weighted by atomic mass is 19.1. The van der Waals surface area contributed by atoms with Crippen LogP contribution in [0.15, 0.2) is 23.1 Å². The van der Waals surface area contributed by atoms with Crippen molar-refractivity contribution in [1.82, 2.24) is 4.57 Å². The molecule has 3 atom stereocenters. The molecule has 2 rings (SSSR count). The second-order valence-corrected chi connectivity index (χ2v) is 4.60. The van der Waals surface area contributed by atoms with Crippen molar-refractivity contribution < 1.29 is 9.50 Å². The number of halogens is 1. The fourth-order valence-corrected chi connectivity index (χ4v) is 2.40. The molecule has 1 aliphatic carbocycles. The maximum atomic E-state index is 13.1. The zero-order valence-corrected chi connectivity index (χ0v) is 9.27. The average Bonchev–Trinajstić information content (AvgIpc) is 2.25. The molecule has 1 heterocycles. The van der Waals surface area contributed by atoms with E-state index in [1.54, 1.807) is 0 Å². The summed E-state index contributed by atoms with van der Waals surface area (Å²) in [4.78, 5) is 11.6. The highest BCUT2D eigenvalue weighted by Crippen LogP contribution is 2.32. The lowest BCUT2D eigenvalue weighted by atomic mass is 9.84. The molecule has 0 spiro atoms. The van der Waals surface area contributed by atoms with Gasteiger partial charge in [-0.25, -0.2) is 4.39 Å². The van der Waals surface area contributed by atoms with Gasteiger partial charge in [0.1, 0.15) is 5.82 Å². The van der Waals surface area contributed by atoms with Crippen LogP contribution in [0.2, 0.25) is 0 Å². The Kier molecular flexibility index (Phi) is 3.10. The molecule has 1 N–H and O–H groups in total. The maximum Gasteiger partial charge on any atom is 0.250 e. The molecule has 1 aromatic heterocycles. The van der Waals surface area contributed by atoms with Crippen molar-refractivity contribution in [2.45, 2.75) is 38.3 Å². The normalized spacial score (nSPS) is 30.3. The molecule has 0 bridgehead atoms. The number of aromatic nitrogens is 1. The van der Waals surface area contributed by atoms with Gasteiger partial charge in [-0.05, 0) is 31.2 Å². The van der Waals surface area contributed by atoms with Crippen LogP contribution in [0.3, 0.4) is 0 Å². The number of aliphatic hydroxyl groups is 1. The lowest BCUT2D eigenvalue weighted by Crippen LogP contribution is -2.34. The van der Waals surface area contributed by atoms with Crippen LogP contribution in [-0.4, -0.2) is 15.8 Å². The first-order valence-corrected chi connectivity index (χ1v) is 5.63. The van der Waals surface area contributed by atoms with Crippen molar-refractivity contribution in [2.75, 3.05) is 0 Å². The van der Waals surface area contributed by atoms with Crippen molar-refractivity contribution in [2.24, 2.45) is 5.92 Å². The molecule has 0 amide bonds. The van der Waals surface area contributed by atoms with E-state index in [4.69, 9.17) is 0 Å². The fourth-order valence-electron chi connectivity index (χ4n) is 2.40. The SMILES string of the molecule is CC1CCC(O)CC1n1cc(F)ccc1=O. The van der Waals surface area contributed by atoms with E-state index in [1.165, 1.54) is 22.9 Å². The molecule has 3 nitrogen and oxygen atoms in total. The van der Waals surface area contributed by atoms with Crippen molar-refractivity contribution in [3.63, 3.8) is 0 Å². The van der Waals surface area contributed by atoms with Crippen LogP contribution in [0.1, 0.15) is 32.2 Å². The molecule has 1 saturated carbocycles. The summed E-state index contributed by atoms with van der Waals surface area (Å²) >= 11 is 0. The second-order valence-electron chi connectivity index (χ2n) is 4.60. The predicted octanol–water partition coefficient (Wildman–Crippen LogP) is 1.71. The lowest BCUT2D eigenvalue weighted by molar-refractivity contribution is 0.0764. The third-order valence-corrected chi connectivity index (χ3v) is 3.38. The summed E-state index contributed by atoms with van der Waals surface area (Å²) in [6, 6.07) is 2.32. The topological polar surface area (TPSA) is 42.2 Å². The summed E-state index contributed by atoms with van der Waals surface area (Å²) in [7, 11) is 0. The largest absolute Gasteiger partial charge is 0.393 e. The summed E-state index contributed by atoms with van der Waals surface area (Å²) in [5.41, 5.74) is -0.202. The van der Waals surface area contributed by atoms with Gasteiger partial charge in [-0.15, -0.1) is 0 Å². The Labute approximate surface area is 93.5 Å². The van der Waals surface area contributed by atoms with E-state index in [0.29, 0.717) is 12.3 Å². The van der Waals surface area contributed by atoms with Gasteiger partial charge in [0.15, 0.2) is 0 Å². The Morgan fingerprint density at radius 2 is 2.19 bits per heavy atom. The van der Waals surface area contributed by atoms with Crippen LogP contribution in [-0.2, 0) is 0 Å². The molecule has 4 heteroatoms. The summed E-state index contributed by atoms with van der Waals surface area (Å²) in [6.45, 7) is 2.04. The molecular weight excluding hydrogens is 209 g/mol. The molecule has 0 aromatic carbocycles. The van der Waals surface area contributed by atoms with Gasteiger partial charge in [-0.3, -0.25) is 4.79 Å². The average molecular weight is 225 g/mol. The second kappa shape index (κ2) is 4.37. The van der Waals surface area contributed by atoms with Gasteiger partial charge in [0.25, 0.3) is 5.56 Å². The molecule has 0 aliphatic heterocycles. The van der Waals surface area contributed by atoms with Gasteiger partial charge in [0.2, 0.25) is 0 Å². The molecule has 1 aromatic rings. The highest BCUT2D eigenvalue weighted by Gasteiger charge is 2.28. The molecule has 88 valence electrons. The van der Waals surface area contributed by atoms with Crippen LogP contribution in [0, 0.1) is 11.7 Å². The third-order valence-electron chi connectivity index (χ3n) is 3.38. The third kappa shape index (κ3) is 2.16. The molecule has 1 aliphatic rings. The number of hydrogen-bond donors (Lipinski definition) is 1. The van der Waals surface area contributed by atoms with Crippen LogP contribution in [0.5, 0.6) is 0 Å². The zero-order chi connectivity index (χ0) is 11.7. The molecule has 0 radical (unpaired) electrons. The van der Waals surface area contributed by atoms with Crippen molar-refractivity contribution >= 4 is 0 Å². The van der Waals surface area contributed by atoms with Gasteiger partial charge in [0, 0.05) is 18.3 Å². The summed E-state index contributed by atoms with van der Waals surface area (Å²) in [5, 5.41) is 9.61. The summed E-state index contributed by atoms with van der Waals surface area (Å²) in [5.74, 6) is -0.116. The lowest BCUT2D eigenvalue weighted by Gasteiger charge is -2.33. The van der Waals surface area contributed by atoms with E-state index in [0.717, 1.165) is 12.8 Å².